The molecule has 4 aromatic rings. The largest absolute Gasteiger partial charge is 0.361 e. The fourth-order valence-electron chi connectivity index (χ4n) is 3.61. The number of halogens is 1. The van der Waals surface area contributed by atoms with Crippen molar-refractivity contribution in [1.29, 1.82) is 0 Å². The Kier molecular flexibility index (Phi) is 5.00. The molecule has 150 valence electrons. The molecular weight excluding hydrogens is 369 g/mol. The molecule has 0 bridgehead atoms. The van der Waals surface area contributed by atoms with Gasteiger partial charge >= 0.3 is 0 Å². The normalized spacial score (nSPS) is 12.4. The van der Waals surface area contributed by atoms with E-state index in [1.807, 2.05) is 0 Å². The van der Waals surface area contributed by atoms with Gasteiger partial charge < -0.3 is 15.2 Å². The van der Waals surface area contributed by atoms with Gasteiger partial charge in [0.25, 0.3) is 0 Å². The molecule has 0 spiro atoms. The van der Waals surface area contributed by atoms with E-state index in [2.05, 4.69) is 57.0 Å². The van der Waals surface area contributed by atoms with E-state index in [-0.39, 0.29) is 11.9 Å². The average Bonchev–Trinajstić information content (AvgIpc) is 3.21. The van der Waals surface area contributed by atoms with Crippen LogP contribution < -0.4 is 10.2 Å². The second-order valence-electron chi connectivity index (χ2n) is 7.01. The van der Waals surface area contributed by atoms with Crippen LogP contribution in [0.2, 0.25) is 0 Å². The monoisotopic (exact) mass is 393 g/mol. The standard InChI is InChI=1S/C21H24FN7/c1-5-29(6-2)21-15(9-14-7-8-16(22)12(3)17(14)28-21)13(4)27-20-18-19(24-10-23-18)25-11-26-20/h7-11,13H,5-6H2,1-4H3,(H2,23,24,25,26,27). The third-order valence-electron chi connectivity index (χ3n) is 5.28. The van der Waals surface area contributed by atoms with Crippen LogP contribution in [-0.2, 0) is 0 Å². The molecule has 0 saturated carbocycles. The highest BCUT2D eigenvalue weighted by molar-refractivity contribution is 5.86. The van der Waals surface area contributed by atoms with Crippen molar-refractivity contribution in [2.75, 3.05) is 23.3 Å². The minimum atomic E-state index is -0.240. The van der Waals surface area contributed by atoms with Crippen LogP contribution in [0.25, 0.3) is 22.1 Å². The predicted octanol–water partition coefficient (Wildman–Crippen LogP) is 4.37. The van der Waals surface area contributed by atoms with E-state index in [4.69, 9.17) is 4.98 Å². The first kappa shape index (κ1) is 19.0. The second kappa shape index (κ2) is 7.62. The Bertz CT molecular complexity index is 1170. The summed E-state index contributed by atoms with van der Waals surface area (Å²) in [5.41, 5.74) is 3.66. The summed E-state index contributed by atoms with van der Waals surface area (Å²) < 4.78 is 14.1. The molecule has 0 aliphatic rings. The number of nitrogens with one attached hydrogen (secondary N) is 2. The number of hydrogen-bond donors (Lipinski definition) is 2. The van der Waals surface area contributed by atoms with E-state index in [9.17, 15) is 4.39 Å². The fourth-order valence-corrected chi connectivity index (χ4v) is 3.61. The lowest BCUT2D eigenvalue weighted by molar-refractivity contribution is 0.620. The lowest BCUT2D eigenvalue weighted by atomic mass is 10.0. The summed E-state index contributed by atoms with van der Waals surface area (Å²) in [5, 5.41) is 4.36. The fraction of sp³-hybridized carbons (Fsp3) is 0.333. The van der Waals surface area contributed by atoms with Crippen molar-refractivity contribution in [3.8, 4) is 0 Å². The molecule has 7 nitrogen and oxygen atoms in total. The van der Waals surface area contributed by atoms with Crippen LogP contribution in [0.1, 0.15) is 37.9 Å². The number of imidazole rings is 1. The SMILES string of the molecule is CCN(CC)c1nc2c(C)c(F)ccc2cc1C(C)Nc1ncnc2[nH]cnc12. The molecule has 29 heavy (non-hydrogen) atoms. The number of hydrogen-bond acceptors (Lipinski definition) is 6. The van der Waals surface area contributed by atoms with Gasteiger partial charge in [0.15, 0.2) is 11.5 Å². The van der Waals surface area contributed by atoms with Crippen LogP contribution in [0.3, 0.4) is 0 Å². The summed E-state index contributed by atoms with van der Waals surface area (Å²) in [4.78, 5) is 22.9. The first-order chi connectivity index (χ1) is 14.0. The van der Waals surface area contributed by atoms with Crippen LogP contribution in [0.15, 0.2) is 30.9 Å². The summed E-state index contributed by atoms with van der Waals surface area (Å²) in [6, 6.07) is 5.27. The number of nitrogens with zero attached hydrogens (tertiary/aromatic N) is 5. The lowest BCUT2D eigenvalue weighted by Gasteiger charge is -2.27. The Hall–Kier alpha value is -3.29. The van der Waals surface area contributed by atoms with Gasteiger partial charge in [0.05, 0.1) is 17.9 Å². The van der Waals surface area contributed by atoms with Gasteiger partial charge in [-0.1, -0.05) is 0 Å². The highest BCUT2D eigenvalue weighted by atomic mass is 19.1. The van der Waals surface area contributed by atoms with Crippen molar-refractivity contribution in [2.45, 2.75) is 33.7 Å². The van der Waals surface area contributed by atoms with E-state index in [0.717, 1.165) is 29.9 Å². The molecule has 0 amide bonds. The number of fused-ring (bicyclic) bond motifs is 2. The van der Waals surface area contributed by atoms with Crippen LogP contribution in [0.4, 0.5) is 16.0 Å². The summed E-state index contributed by atoms with van der Waals surface area (Å²) in [7, 11) is 0. The Labute approximate surface area is 168 Å². The minimum absolute atomic E-state index is 0.0948. The third-order valence-corrected chi connectivity index (χ3v) is 5.28. The number of aryl methyl sites for hydroxylation is 1. The van der Waals surface area contributed by atoms with Crippen molar-refractivity contribution in [1.82, 2.24) is 24.9 Å². The smallest absolute Gasteiger partial charge is 0.162 e. The molecule has 0 aliphatic carbocycles. The van der Waals surface area contributed by atoms with Crippen LogP contribution in [0, 0.1) is 12.7 Å². The molecule has 8 heteroatoms. The Morgan fingerprint density at radius 3 is 2.69 bits per heavy atom. The summed E-state index contributed by atoms with van der Waals surface area (Å²) >= 11 is 0. The zero-order valence-electron chi connectivity index (χ0n) is 17.0. The Morgan fingerprint density at radius 1 is 1.14 bits per heavy atom. The van der Waals surface area contributed by atoms with Gasteiger partial charge in [-0.25, -0.2) is 24.3 Å². The van der Waals surface area contributed by atoms with E-state index in [1.165, 1.54) is 12.4 Å². The molecule has 0 aliphatic heterocycles. The molecule has 3 heterocycles. The van der Waals surface area contributed by atoms with E-state index < -0.39 is 0 Å². The third kappa shape index (κ3) is 3.35. The molecular formula is C21H24FN7. The molecule has 4 rings (SSSR count). The van der Waals surface area contributed by atoms with Crippen molar-refractivity contribution < 1.29 is 4.39 Å². The molecule has 0 radical (unpaired) electrons. The topological polar surface area (TPSA) is 82.6 Å². The van der Waals surface area contributed by atoms with Gasteiger partial charge in [0, 0.05) is 29.6 Å². The lowest BCUT2D eigenvalue weighted by Crippen LogP contribution is -2.26. The van der Waals surface area contributed by atoms with Gasteiger partial charge in [0.1, 0.15) is 23.5 Å². The summed E-state index contributed by atoms with van der Waals surface area (Å²) in [6.45, 7) is 9.63. The van der Waals surface area contributed by atoms with Crippen molar-refractivity contribution in [2.24, 2.45) is 0 Å². The molecule has 1 unspecified atom stereocenters. The summed E-state index contributed by atoms with van der Waals surface area (Å²) in [5.74, 6) is 1.27. The van der Waals surface area contributed by atoms with Gasteiger partial charge in [-0.15, -0.1) is 0 Å². The highest BCUT2D eigenvalue weighted by Crippen LogP contribution is 2.32. The second-order valence-corrected chi connectivity index (χ2v) is 7.01. The number of rotatable bonds is 6. The highest BCUT2D eigenvalue weighted by Gasteiger charge is 2.20. The number of H-pyrrole nitrogens is 1. The summed E-state index contributed by atoms with van der Waals surface area (Å²) in [6.07, 6.45) is 3.11. The first-order valence-electron chi connectivity index (χ1n) is 9.78. The van der Waals surface area contributed by atoms with Crippen LogP contribution >= 0.6 is 0 Å². The first-order valence-corrected chi connectivity index (χ1v) is 9.78. The van der Waals surface area contributed by atoms with Gasteiger partial charge in [-0.2, -0.15) is 0 Å². The molecule has 1 aromatic carbocycles. The molecule has 2 N–H and O–H groups in total. The van der Waals surface area contributed by atoms with Crippen molar-refractivity contribution in [3.63, 3.8) is 0 Å². The molecule has 0 saturated heterocycles. The van der Waals surface area contributed by atoms with E-state index in [0.29, 0.717) is 28.1 Å². The van der Waals surface area contributed by atoms with Gasteiger partial charge in [-0.3, -0.25) is 0 Å². The van der Waals surface area contributed by atoms with E-state index in [1.54, 1.807) is 19.3 Å². The van der Waals surface area contributed by atoms with Crippen molar-refractivity contribution in [3.05, 3.63) is 47.8 Å². The van der Waals surface area contributed by atoms with Crippen molar-refractivity contribution >= 4 is 33.7 Å². The zero-order valence-corrected chi connectivity index (χ0v) is 17.0. The Morgan fingerprint density at radius 2 is 1.93 bits per heavy atom. The maximum Gasteiger partial charge on any atom is 0.162 e. The van der Waals surface area contributed by atoms with Crippen LogP contribution in [-0.4, -0.2) is 38.0 Å². The number of anilines is 2. The maximum absolute atomic E-state index is 14.1. The molecule has 1 atom stereocenters. The van der Waals surface area contributed by atoms with Gasteiger partial charge in [0.2, 0.25) is 0 Å². The minimum Gasteiger partial charge on any atom is -0.361 e. The van der Waals surface area contributed by atoms with Crippen LogP contribution in [0.5, 0.6) is 0 Å². The quantitative estimate of drug-likeness (QED) is 0.506. The predicted molar refractivity (Wildman–Crippen MR) is 114 cm³/mol. The number of benzene rings is 1. The number of pyridine rings is 1. The maximum atomic E-state index is 14.1. The van der Waals surface area contributed by atoms with Gasteiger partial charge in [-0.05, 0) is 45.9 Å². The molecule has 3 aromatic heterocycles. The molecule has 0 fully saturated rings. The average molecular weight is 393 g/mol. The number of aromatic amines is 1. The van der Waals surface area contributed by atoms with E-state index >= 15 is 0 Å². The Balaban J connectivity index is 1.83. The number of aromatic nitrogens is 5. The zero-order chi connectivity index (χ0) is 20.5.